The van der Waals surface area contributed by atoms with Gasteiger partial charge in [0.2, 0.25) is 0 Å². The van der Waals surface area contributed by atoms with E-state index in [0.29, 0.717) is 31.4 Å². The Hall–Kier alpha value is -3.90. The maximum atomic E-state index is 13.0. The minimum absolute atomic E-state index is 0.0190. The molecule has 1 unspecified atom stereocenters. The lowest BCUT2D eigenvalue weighted by atomic mass is 10.00. The molecule has 2 amide bonds. The first kappa shape index (κ1) is 28.8. The molecule has 7 rings (SSSR count). The first-order chi connectivity index (χ1) is 21.0. The minimum atomic E-state index is -2.01. The van der Waals surface area contributed by atoms with Crippen LogP contribution < -0.4 is 10.2 Å². The van der Waals surface area contributed by atoms with E-state index >= 15 is 0 Å². The van der Waals surface area contributed by atoms with Gasteiger partial charge in [-0.25, -0.2) is 29.7 Å². The number of rotatable bonds is 7. The fourth-order valence-corrected chi connectivity index (χ4v) is 7.31. The first-order valence-electron chi connectivity index (χ1n) is 15.6. The van der Waals surface area contributed by atoms with E-state index in [0.717, 1.165) is 29.4 Å². The van der Waals surface area contributed by atoms with Crippen molar-refractivity contribution in [1.29, 1.82) is 0 Å². The van der Waals surface area contributed by atoms with Crippen molar-refractivity contribution >= 4 is 31.6 Å². The van der Waals surface area contributed by atoms with Crippen molar-refractivity contribution in [1.82, 2.24) is 34.2 Å². The van der Waals surface area contributed by atoms with Gasteiger partial charge in [0.25, 0.3) is 0 Å². The third kappa shape index (κ3) is 5.68. The van der Waals surface area contributed by atoms with Crippen LogP contribution in [0.25, 0.3) is 5.65 Å². The van der Waals surface area contributed by atoms with E-state index in [2.05, 4.69) is 92.9 Å². The maximum Gasteiger partial charge on any atom is 0.323 e. The average molecular weight is 612 g/mol. The minimum Gasteiger partial charge on any atom is -0.412 e. The number of likely N-dealkylation sites (tertiary alicyclic amines) is 1. The molecular weight excluding hydrogens is 570 g/mol. The Labute approximate surface area is 259 Å². The van der Waals surface area contributed by atoms with Gasteiger partial charge in [0.15, 0.2) is 8.32 Å². The molecule has 1 saturated carbocycles. The molecule has 0 spiro atoms. The number of nitrogens with zero attached hydrogens (tertiary/aromatic N) is 8. The van der Waals surface area contributed by atoms with E-state index in [1.807, 2.05) is 6.07 Å². The number of aromatic nitrogens is 6. The molecule has 0 radical (unpaired) electrons. The summed E-state index contributed by atoms with van der Waals surface area (Å²) >= 11 is 0. The molecular formula is C32H41N9O2Si. The predicted octanol–water partition coefficient (Wildman–Crippen LogP) is 5.76. The Morgan fingerprint density at radius 2 is 1.77 bits per heavy atom. The van der Waals surface area contributed by atoms with E-state index in [4.69, 9.17) is 9.41 Å². The molecule has 2 aliphatic heterocycles. The van der Waals surface area contributed by atoms with Crippen molar-refractivity contribution in [2.24, 2.45) is 0 Å². The van der Waals surface area contributed by atoms with Gasteiger partial charge in [-0.15, -0.1) is 0 Å². The van der Waals surface area contributed by atoms with Gasteiger partial charge in [-0.1, -0.05) is 26.8 Å². The number of anilines is 2. The molecule has 4 aromatic heterocycles. The van der Waals surface area contributed by atoms with Crippen molar-refractivity contribution in [3.8, 4) is 0 Å². The number of carbonyl (C=O) groups excluding carboxylic acids is 1. The van der Waals surface area contributed by atoms with Crippen molar-refractivity contribution in [2.45, 2.75) is 82.1 Å². The monoisotopic (exact) mass is 611 g/mol. The number of urea groups is 1. The lowest BCUT2D eigenvalue weighted by Crippen LogP contribution is -2.50. The number of imidazole rings is 1. The smallest absolute Gasteiger partial charge is 0.323 e. The first-order valence-corrected chi connectivity index (χ1v) is 18.5. The van der Waals surface area contributed by atoms with Gasteiger partial charge in [-0.05, 0) is 54.6 Å². The number of pyridine rings is 1. The molecule has 1 N–H and O–H groups in total. The second kappa shape index (κ2) is 10.9. The number of hydrogen-bond donors (Lipinski definition) is 1. The van der Waals surface area contributed by atoms with E-state index in [9.17, 15) is 4.79 Å². The maximum absolute atomic E-state index is 13.0. The summed E-state index contributed by atoms with van der Waals surface area (Å²) in [6.45, 7) is 13.3. The summed E-state index contributed by atoms with van der Waals surface area (Å²) in [6.07, 6.45) is 12.8. The molecule has 4 aromatic rings. The SMILES string of the molecule is CC(C)(C)[Si](C)(C)OC1C[C@H](c2cn3cc(C4CC4)ccc3n2)N(c2cc(NC(=O)N3CC(c4ncccn4)C3)ncn2)C1. The highest BCUT2D eigenvalue weighted by atomic mass is 28.4. The predicted molar refractivity (Wildman–Crippen MR) is 171 cm³/mol. The molecule has 0 bridgehead atoms. The molecule has 3 aliphatic rings. The standard InChI is InChI=1S/C32H41N9O2Si/c1-32(2,3)44(4,5)43-24-13-26(25-19-39-15-22(21-7-8-21)9-10-28(39)37-25)41(18-24)29-14-27(35-20-36-29)38-31(42)40-16-23(17-40)30-33-11-6-12-34-30/h6,9-12,14-15,19-21,23-24,26H,7-8,13,16-18H2,1-5H3,(H,35,36,38,42)/t24?,26-/m1/s1. The highest BCUT2D eigenvalue weighted by Gasteiger charge is 2.44. The van der Waals surface area contributed by atoms with Crippen LogP contribution in [0, 0.1) is 0 Å². The molecule has 44 heavy (non-hydrogen) atoms. The lowest BCUT2D eigenvalue weighted by molar-refractivity contribution is 0.160. The van der Waals surface area contributed by atoms with Gasteiger partial charge in [-0.3, -0.25) is 5.32 Å². The number of amides is 2. The van der Waals surface area contributed by atoms with Crippen LogP contribution in [0.3, 0.4) is 0 Å². The van der Waals surface area contributed by atoms with Crippen LogP contribution >= 0.6 is 0 Å². The Kier molecular flexibility index (Phi) is 7.16. The third-order valence-electron chi connectivity index (χ3n) is 9.71. The third-order valence-corrected chi connectivity index (χ3v) is 14.2. The van der Waals surface area contributed by atoms with Gasteiger partial charge < -0.3 is 18.6 Å². The quantitative estimate of drug-likeness (QED) is 0.262. The second-order valence-corrected chi connectivity index (χ2v) is 18.7. The van der Waals surface area contributed by atoms with Gasteiger partial charge in [0.05, 0.1) is 23.8 Å². The van der Waals surface area contributed by atoms with Crippen LogP contribution in [-0.2, 0) is 4.43 Å². The zero-order valence-corrected chi connectivity index (χ0v) is 27.1. The highest BCUT2D eigenvalue weighted by molar-refractivity contribution is 6.74. The number of fused-ring (bicyclic) bond motifs is 1. The Morgan fingerprint density at radius 1 is 1.00 bits per heavy atom. The molecule has 3 fully saturated rings. The van der Waals surface area contributed by atoms with Crippen molar-refractivity contribution in [2.75, 3.05) is 29.9 Å². The molecule has 0 aromatic carbocycles. The largest absolute Gasteiger partial charge is 0.412 e. The van der Waals surface area contributed by atoms with Gasteiger partial charge >= 0.3 is 6.03 Å². The van der Waals surface area contributed by atoms with Crippen molar-refractivity contribution < 1.29 is 9.22 Å². The molecule has 2 atom stereocenters. The van der Waals surface area contributed by atoms with Gasteiger partial charge in [0, 0.05) is 56.9 Å². The summed E-state index contributed by atoms with van der Waals surface area (Å²) in [5, 5.41) is 3.08. The fourth-order valence-electron chi connectivity index (χ4n) is 5.95. The van der Waals surface area contributed by atoms with Crippen LogP contribution in [0.1, 0.15) is 75.0 Å². The van der Waals surface area contributed by atoms with Crippen LogP contribution in [0.5, 0.6) is 0 Å². The average Bonchev–Trinajstić information content (AvgIpc) is 3.59. The van der Waals surface area contributed by atoms with E-state index < -0.39 is 8.32 Å². The molecule has 2 saturated heterocycles. The topological polar surface area (TPSA) is 114 Å². The normalized spacial score (nSPS) is 21.1. The Bertz CT molecular complexity index is 1660. The van der Waals surface area contributed by atoms with E-state index in [-0.39, 0.29) is 29.1 Å². The summed E-state index contributed by atoms with van der Waals surface area (Å²) in [5.74, 6) is 2.81. The van der Waals surface area contributed by atoms with Crippen LogP contribution in [0.15, 0.2) is 55.4 Å². The van der Waals surface area contributed by atoms with E-state index in [1.54, 1.807) is 23.4 Å². The summed E-state index contributed by atoms with van der Waals surface area (Å²) < 4.78 is 9.09. The van der Waals surface area contributed by atoms with Crippen molar-refractivity contribution in [3.05, 3.63) is 72.5 Å². The summed E-state index contributed by atoms with van der Waals surface area (Å²) in [5.41, 5.74) is 3.32. The summed E-state index contributed by atoms with van der Waals surface area (Å²) in [7, 11) is -2.01. The summed E-state index contributed by atoms with van der Waals surface area (Å²) in [4.78, 5) is 39.8. The molecule has 12 heteroatoms. The Morgan fingerprint density at radius 3 is 2.50 bits per heavy atom. The lowest BCUT2D eigenvalue weighted by Gasteiger charge is -2.38. The van der Waals surface area contributed by atoms with Crippen LogP contribution in [-0.4, -0.2) is 74.3 Å². The zero-order chi connectivity index (χ0) is 30.6. The zero-order valence-electron chi connectivity index (χ0n) is 26.1. The van der Waals surface area contributed by atoms with Crippen molar-refractivity contribution in [3.63, 3.8) is 0 Å². The van der Waals surface area contributed by atoms with Gasteiger partial charge in [-0.2, -0.15) is 0 Å². The fraction of sp³-hybridized carbons (Fsp3) is 0.500. The summed E-state index contributed by atoms with van der Waals surface area (Å²) in [6, 6.07) is 7.79. The van der Waals surface area contributed by atoms with E-state index in [1.165, 1.54) is 24.7 Å². The van der Waals surface area contributed by atoms with Crippen LogP contribution in [0.4, 0.5) is 16.4 Å². The molecule has 6 heterocycles. The molecule has 1 aliphatic carbocycles. The number of carbonyl (C=O) groups is 1. The number of nitrogens with one attached hydrogen (secondary N) is 1. The Balaban J connectivity index is 1.11. The van der Waals surface area contributed by atoms with Gasteiger partial charge in [0.1, 0.15) is 29.4 Å². The molecule has 11 nitrogen and oxygen atoms in total. The highest BCUT2D eigenvalue weighted by Crippen LogP contribution is 2.43. The second-order valence-electron chi connectivity index (χ2n) is 14.0. The molecule has 230 valence electrons. The van der Waals surface area contributed by atoms with Crippen LogP contribution in [0.2, 0.25) is 18.1 Å². The number of hydrogen-bond acceptors (Lipinski definition) is 8.